The fourth-order valence-corrected chi connectivity index (χ4v) is 1.69. The molecule has 0 saturated carbocycles. The monoisotopic (exact) mass is 231 g/mol. The molecule has 5 heteroatoms. The zero-order valence-corrected chi connectivity index (χ0v) is 9.05. The Labute approximate surface area is 97.7 Å². The molecule has 88 valence electrons. The highest BCUT2D eigenvalue weighted by molar-refractivity contribution is 5.92. The number of carbonyl (C=O) groups is 2. The zero-order valence-electron chi connectivity index (χ0n) is 9.05. The van der Waals surface area contributed by atoms with E-state index in [0.717, 1.165) is 10.9 Å². The Morgan fingerprint density at radius 3 is 2.76 bits per heavy atom. The minimum Gasteiger partial charge on any atom is -0.530 e. The number of nitrogens with one attached hydrogen (secondary N) is 1. The molecule has 2 aromatic rings. The van der Waals surface area contributed by atoms with Crippen LogP contribution in [0.2, 0.25) is 0 Å². The van der Waals surface area contributed by atoms with Gasteiger partial charge < -0.3 is 15.2 Å². The van der Waals surface area contributed by atoms with Crippen LogP contribution in [-0.4, -0.2) is 23.1 Å². The summed E-state index contributed by atoms with van der Waals surface area (Å²) in [5.41, 5.74) is 0.825. The Kier molecular flexibility index (Phi) is 3.09. The number of nitrogens with zero attached hydrogens (tertiary/aromatic N) is 1. The van der Waals surface area contributed by atoms with Gasteiger partial charge in [-0.05, 0) is 12.1 Å². The van der Waals surface area contributed by atoms with Gasteiger partial charge >= 0.3 is 0 Å². The lowest BCUT2D eigenvalue weighted by Crippen LogP contribution is -2.37. The normalized spacial score (nSPS) is 10.4. The number of rotatable bonds is 3. The highest BCUT2D eigenvalue weighted by Gasteiger charge is 2.07. The number of carbonyl (C=O) groups excluding carboxylic acids is 2. The van der Waals surface area contributed by atoms with Gasteiger partial charge in [-0.15, -0.1) is 0 Å². The van der Waals surface area contributed by atoms with Gasteiger partial charge in [0.25, 0.3) is 0 Å². The van der Waals surface area contributed by atoms with Crippen LogP contribution in [0.3, 0.4) is 0 Å². The van der Waals surface area contributed by atoms with Gasteiger partial charge in [0.1, 0.15) is 6.09 Å². The minimum atomic E-state index is -1.37. The number of amides is 1. The van der Waals surface area contributed by atoms with Crippen LogP contribution in [0.4, 0.5) is 4.79 Å². The van der Waals surface area contributed by atoms with Gasteiger partial charge in [0, 0.05) is 24.5 Å². The van der Waals surface area contributed by atoms with Crippen molar-refractivity contribution in [2.75, 3.05) is 6.54 Å². The molecular formula is C12H11N2O3-. The molecule has 0 aliphatic carbocycles. The summed E-state index contributed by atoms with van der Waals surface area (Å²) in [6, 6.07) is 9.36. The lowest BCUT2D eigenvalue weighted by molar-refractivity contribution is -0.250. The summed E-state index contributed by atoms with van der Waals surface area (Å²) in [4.78, 5) is 22.0. The summed E-state index contributed by atoms with van der Waals surface area (Å²) in [7, 11) is 0. The molecule has 0 atom stereocenters. The van der Waals surface area contributed by atoms with Gasteiger partial charge in [-0.25, -0.2) is 0 Å². The molecule has 1 N–H and O–H groups in total. The van der Waals surface area contributed by atoms with Crippen LogP contribution in [0, 0.1) is 0 Å². The highest BCUT2D eigenvalue weighted by atomic mass is 16.4. The second-order valence-electron chi connectivity index (χ2n) is 3.60. The van der Waals surface area contributed by atoms with E-state index in [1.807, 2.05) is 30.3 Å². The van der Waals surface area contributed by atoms with Crippen molar-refractivity contribution in [1.29, 1.82) is 0 Å². The second-order valence-corrected chi connectivity index (χ2v) is 3.60. The van der Waals surface area contributed by atoms with E-state index in [4.69, 9.17) is 0 Å². The summed E-state index contributed by atoms with van der Waals surface area (Å²) in [6.07, 6.45) is 0.425. The van der Waals surface area contributed by atoms with Crippen LogP contribution in [0.5, 0.6) is 0 Å². The van der Waals surface area contributed by atoms with Crippen LogP contribution in [-0.2, 0) is 0 Å². The maximum Gasteiger partial charge on any atom is 0.232 e. The Morgan fingerprint density at radius 1 is 1.24 bits per heavy atom. The van der Waals surface area contributed by atoms with Crippen LogP contribution in [0.1, 0.15) is 11.2 Å². The fourth-order valence-electron chi connectivity index (χ4n) is 1.69. The first kappa shape index (κ1) is 11.2. The van der Waals surface area contributed by atoms with E-state index in [-0.39, 0.29) is 18.9 Å². The third kappa shape index (κ3) is 2.44. The number of benzene rings is 1. The first-order valence-corrected chi connectivity index (χ1v) is 5.22. The Balaban J connectivity index is 2.11. The Bertz CT molecular complexity index is 560. The molecule has 5 nitrogen and oxygen atoms in total. The van der Waals surface area contributed by atoms with Crippen LogP contribution in [0.25, 0.3) is 10.9 Å². The van der Waals surface area contributed by atoms with Gasteiger partial charge in [-0.1, -0.05) is 18.2 Å². The molecule has 0 spiro atoms. The summed E-state index contributed by atoms with van der Waals surface area (Å²) >= 11 is 0. The van der Waals surface area contributed by atoms with Crippen molar-refractivity contribution in [3.05, 3.63) is 36.5 Å². The fraction of sp³-hybridized carbons (Fsp3) is 0.167. The topological polar surface area (TPSA) is 74.2 Å². The largest absolute Gasteiger partial charge is 0.530 e. The van der Waals surface area contributed by atoms with Crippen molar-refractivity contribution in [2.45, 2.75) is 6.42 Å². The van der Waals surface area contributed by atoms with E-state index in [9.17, 15) is 14.7 Å². The highest BCUT2D eigenvalue weighted by Crippen LogP contribution is 2.15. The molecule has 0 aliphatic rings. The molecule has 1 aromatic heterocycles. The van der Waals surface area contributed by atoms with E-state index in [2.05, 4.69) is 5.32 Å². The molecule has 0 radical (unpaired) electrons. The average Bonchev–Trinajstić information content (AvgIpc) is 2.72. The van der Waals surface area contributed by atoms with Crippen LogP contribution < -0.4 is 10.4 Å². The van der Waals surface area contributed by atoms with E-state index in [0.29, 0.717) is 0 Å². The van der Waals surface area contributed by atoms with Gasteiger partial charge in [-0.2, -0.15) is 0 Å². The molecule has 0 saturated heterocycles. The van der Waals surface area contributed by atoms with Crippen molar-refractivity contribution in [3.63, 3.8) is 0 Å². The molecule has 0 unspecified atom stereocenters. The van der Waals surface area contributed by atoms with Gasteiger partial charge in [0.05, 0.1) is 5.52 Å². The first-order chi connectivity index (χ1) is 8.18. The molecule has 0 fully saturated rings. The molecule has 1 heterocycles. The molecule has 0 bridgehead atoms. The maximum absolute atomic E-state index is 11.8. The lowest BCUT2D eigenvalue weighted by Gasteiger charge is -2.07. The first-order valence-electron chi connectivity index (χ1n) is 5.22. The summed E-state index contributed by atoms with van der Waals surface area (Å²) in [6.45, 7) is 0.0632. The van der Waals surface area contributed by atoms with E-state index in [1.165, 1.54) is 4.57 Å². The predicted molar refractivity (Wildman–Crippen MR) is 60.6 cm³/mol. The van der Waals surface area contributed by atoms with Crippen molar-refractivity contribution >= 4 is 22.9 Å². The van der Waals surface area contributed by atoms with Crippen LogP contribution >= 0.6 is 0 Å². The summed E-state index contributed by atoms with van der Waals surface area (Å²) in [5, 5.41) is 13.2. The molecule has 0 aliphatic heterocycles. The van der Waals surface area contributed by atoms with Crippen molar-refractivity contribution < 1.29 is 14.7 Å². The third-order valence-electron chi connectivity index (χ3n) is 2.48. The molecule has 2 rings (SSSR count). The third-order valence-corrected chi connectivity index (χ3v) is 2.48. The Hall–Kier alpha value is -2.30. The number of hydrogen-bond donors (Lipinski definition) is 1. The maximum atomic E-state index is 11.8. The van der Waals surface area contributed by atoms with Crippen molar-refractivity contribution in [2.24, 2.45) is 0 Å². The van der Waals surface area contributed by atoms with Crippen LogP contribution in [0.15, 0.2) is 36.5 Å². The van der Waals surface area contributed by atoms with Gasteiger partial charge in [0.2, 0.25) is 5.91 Å². The number of carboxylic acid groups (broad SMARTS) is 1. The smallest absolute Gasteiger partial charge is 0.232 e. The number of aromatic nitrogens is 1. The quantitative estimate of drug-likeness (QED) is 0.840. The number of para-hydroxylation sites is 1. The van der Waals surface area contributed by atoms with E-state index >= 15 is 0 Å². The summed E-state index contributed by atoms with van der Waals surface area (Å²) in [5.74, 6) is -0.153. The van der Waals surface area contributed by atoms with E-state index in [1.54, 1.807) is 6.20 Å². The lowest BCUT2D eigenvalue weighted by atomic mass is 10.2. The van der Waals surface area contributed by atoms with E-state index < -0.39 is 6.09 Å². The predicted octanol–water partition coefficient (Wildman–Crippen LogP) is 0.604. The SMILES string of the molecule is O=C([O-])NCCC(=O)n1ccc2ccccc21. The molecule has 1 amide bonds. The van der Waals surface area contributed by atoms with Crippen molar-refractivity contribution in [1.82, 2.24) is 9.88 Å². The summed E-state index contributed by atoms with van der Waals surface area (Å²) < 4.78 is 1.52. The van der Waals surface area contributed by atoms with Crippen molar-refractivity contribution in [3.8, 4) is 0 Å². The number of fused-ring (bicyclic) bond motifs is 1. The zero-order chi connectivity index (χ0) is 12.3. The second kappa shape index (κ2) is 4.69. The standard InChI is InChI=1S/C12H12N2O3/c15-11(5-7-13-12(16)17)14-8-6-9-3-1-2-4-10(9)14/h1-4,6,8,13H,5,7H2,(H,16,17)/p-1. The van der Waals surface area contributed by atoms with Gasteiger partial charge in [-0.3, -0.25) is 9.36 Å². The number of hydrogen-bond acceptors (Lipinski definition) is 3. The molecule has 17 heavy (non-hydrogen) atoms. The minimum absolute atomic E-state index is 0.0632. The van der Waals surface area contributed by atoms with Gasteiger partial charge in [0.15, 0.2) is 0 Å². The molecule has 1 aromatic carbocycles. The Morgan fingerprint density at radius 2 is 2.00 bits per heavy atom. The molecular weight excluding hydrogens is 220 g/mol. The average molecular weight is 231 g/mol.